The van der Waals surface area contributed by atoms with Gasteiger partial charge in [0.25, 0.3) is 0 Å². The normalized spacial score (nSPS) is 22.9. The van der Waals surface area contributed by atoms with Crippen molar-refractivity contribution in [1.29, 1.82) is 0 Å². The Bertz CT molecular complexity index is 302. The Labute approximate surface area is 87.0 Å². The van der Waals surface area contributed by atoms with Crippen LogP contribution in [0.4, 0.5) is 0 Å². The summed E-state index contributed by atoms with van der Waals surface area (Å²) in [7, 11) is 0. The van der Waals surface area contributed by atoms with Crippen LogP contribution < -0.4 is 5.73 Å². The SMILES string of the molecule is CC[C@@H](C(N)=O)N1CC(C(=O)O)CC1=O. The second kappa shape index (κ2) is 4.29. The number of amides is 2. The molecule has 15 heavy (non-hydrogen) atoms. The van der Waals surface area contributed by atoms with E-state index in [2.05, 4.69) is 0 Å². The van der Waals surface area contributed by atoms with Crippen LogP contribution in [0.5, 0.6) is 0 Å². The summed E-state index contributed by atoms with van der Waals surface area (Å²) < 4.78 is 0. The zero-order valence-electron chi connectivity index (χ0n) is 8.47. The first kappa shape index (κ1) is 11.5. The van der Waals surface area contributed by atoms with Crippen LogP contribution in [-0.2, 0) is 14.4 Å². The third kappa shape index (κ3) is 2.26. The number of carbonyl (C=O) groups is 3. The Hall–Kier alpha value is -1.59. The molecule has 0 saturated carbocycles. The smallest absolute Gasteiger partial charge is 0.308 e. The van der Waals surface area contributed by atoms with E-state index < -0.39 is 23.8 Å². The van der Waals surface area contributed by atoms with Gasteiger partial charge in [-0.05, 0) is 6.42 Å². The summed E-state index contributed by atoms with van der Waals surface area (Å²) in [5.74, 6) is -2.62. The predicted molar refractivity (Wildman–Crippen MR) is 50.7 cm³/mol. The molecule has 0 aromatic heterocycles. The van der Waals surface area contributed by atoms with Gasteiger partial charge in [-0.25, -0.2) is 0 Å². The molecule has 1 fully saturated rings. The van der Waals surface area contributed by atoms with E-state index in [1.54, 1.807) is 6.92 Å². The minimum atomic E-state index is -1.01. The number of nitrogens with zero attached hydrogens (tertiary/aromatic N) is 1. The Morgan fingerprint density at radius 3 is 2.60 bits per heavy atom. The molecule has 84 valence electrons. The number of hydrogen-bond acceptors (Lipinski definition) is 3. The van der Waals surface area contributed by atoms with Crippen LogP contribution in [-0.4, -0.2) is 40.4 Å². The number of likely N-dealkylation sites (tertiary alicyclic amines) is 1. The Morgan fingerprint density at radius 1 is 1.67 bits per heavy atom. The maximum atomic E-state index is 11.4. The summed E-state index contributed by atoms with van der Waals surface area (Å²) in [5.41, 5.74) is 5.13. The minimum absolute atomic E-state index is 0.0425. The van der Waals surface area contributed by atoms with E-state index in [-0.39, 0.29) is 18.9 Å². The van der Waals surface area contributed by atoms with E-state index in [1.807, 2.05) is 0 Å². The van der Waals surface area contributed by atoms with Crippen LogP contribution in [0.1, 0.15) is 19.8 Å². The van der Waals surface area contributed by atoms with Gasteiger partial charge < -0.3 is 15.7 Å². The third-order valence-corrected chi connectivity index (χ3v) is 2.60. The van der Waals surface area contributed by atoms with E-state index >= 15 is 0 Å². The lowest BCUT2D eigenvalue weighted by Crippen LogP contribution is -2.45. The van der Waals surface area contributed by atoms with Gasteiger partial charge in [0.15, 0.2) is 0 Å². The van der Waals surface area contributed by atoms with Gasteiger partial charge in [-0.1, -0.05) is 6.92 Å². The zero-order valence-corrected chi connectivity index (χ0v) is 8.47. The molecule has 0 bridgehead atoms. The van der Waals surface area contributed by atoms with Crippen LogP contribution >= 0.6 is 0 Å². The van der Waals surface area contributed by atoms with Gasteiger partial charge in [0.1, 0.15) is 6.04 Å². The molecule has 3 N–H and O–H groups in total. The summed E-state index contributed by atoms with van der Waals surface area (Å²) in [6, 6.07) is -0.679. The molecule has 1 unspecified atom stereocenters. The number of hydrogen-bond donors (Lipinski definition) is 2. The van der Waals surface area contributed by atoms with Crippen molar-refractivity contribution in [3.05, 3.63) is 0 Å². The quantitative estimate of drug-likeness (QED) is 0.638. The maximum absolute atomic E-state index is 11.4. The van der Waals surface area contributed by atoms with Gasteiger partial charge in [0.05, 0.1) is 5.92 Å². The highest BCUT2D eigenvalue weighted by Gasteiger charge is 2.38. The van der Waals surface area contributed by atoms with Gasteiger partial charge in [-0.15, -0.1) is 0 Å². The molecule has 1 saturated heterocycles. The lowest BCUT2D eigenvalue weighted by Gasteiger charge is -2.23. The molecule has 0 aliphatic carbocycles. The van der Waals surface area contributed by atoms with Crippen molar-refractivity contribution in [2.75, 3.05) is 6.54 Å². The van der Waals surface area contributed by atoms with Crippen molar-refractivity contribution in [3.63, 3.8) is 0 Å². The summed E-state index contributed by atoms with van der Waals surface area (Å²) in [5, 5.41) is 8.75. The lowest BCUT2D eigenvalue weighted by molar-refractivity contribution is -0.141. The van der Waals surface area contributed by atoms with Crippen molar-refractivity contribution >= 4 is 17.8 Å². The van der Waals surface area contributed by atoms with Crippen molar-refractivity contribution < 1.29 is 19.5 Å². The van der Waals surface area contributed by atoms with Crippen LogP contribution in [0.15, 0.2) is 0 Å². The lowest BCUT2D eigenvalue weighted by atomic mass is 10.1. The molecule has 1 heterocycles. The van der Waals surface area contributed by atoms with Crippen molar-refractivity contribution in [2.45, 2.75) is 25.8 Å². The van der Waals surface area contributed by atoms with Gasteiger partial charge >= 0.3 is 5.97 Å². The molecule has 0 spiro atoms. The van der Waals surface area contributed by atoms with Crippen LogP contribution in [0.3, 0.4) is 0 Å². The Kier molecular flexibility index (Phi) is 3.28. The van der Waals surface area contributed by atoms with E-state index in [0.29, 0.717) is 6.42 Å². The molecule has 2 amide bonds. The third-order valence-electron chi connectivity index (χ3n) is 2.60. The van der Waals surface area contributed by atoms with Gasteiger partial charge in [-0.3, -0.25) is 14.4 Å². The fourth-order valence-electron chi connectivity index (χ4n) is 1.77. The number of primary amides is 1. The molecule has 6 heteroatoms. The molecule has 1 aliphatic heterocycles. The molecule has 1 rings (SSSR count). The highest BCUT2D eigenvalue weighted by atomic mass is 16.4. The fraction of sp³-hybridized carbons (Fsp3) is 0.667. The topological polar surface area (TPSA) is 101 Å². The molecule has 0 radical (unpaired) electrons. The second-order valence-corrected chi connectivity index (χ2v) is 3.61. The Morgan fingerprint density at radius 2 is 2.27 bits per heavy atom. The minimum Gasteiger partial charge on any atom is -0.481 e. The Balaban J connectivity index is 2.75. The molecular formula is C9H14N2O4. The van der Waals surface area contributed by atoms with Crippen LogP contribution in [0.2, 0.25) is 0 Å². The van der Waals surface area contributed by atoms with E-state index in [4.69, 9.17) is 10.8 Å². The summed E-state index contributed by atoms with van der Waals surface area (Å²) in [4.78, 5) is 34.4. The molecule has 0 aromatic carbocycles. The van der Waals surface area contributed by atoms with Gasteiger partial charge in [0, 0.05) is 13.0 Å². The average Bonchev–Trinajstić information content (AvgIpc) is 2.49. The second-order valence-electron chi connectivity index (χ2n) is 3.61. The standard InChI is InChI=1S/C9H14N2O4/c1-2-6(8(10)13)11-4-5(9(14)15)3-7(11)12/h5-6H,2-4H2,1H3,(H2,10,13)(H,14,15)/t5?,6-/m0/s1. The predicted octanol–water partition coefficient (Wildman–Crippen LogP) is -0.817. The number of carbonyl (C=O) groups excluding carboxylic acids is 2. The number of nitrogens with two attached hydrogens (primary N) is 1. The molecule has 2 atom stereocenters. The zero-order chi connectivity index (χ0) is 11.6. The fourth-order valence-corrected chi connectivity index (χ4v) is 1.77. The van der Waals surface area contributed by atoms with Crippen molar-refractivity contribution in [3.8, 4) is 0 Å². The highest BCUT2D eigenvalue weighted by molar-refractivity contribution is 5.91. The van der Waals surface area contributed by atoms with E-state index in [9.17, 15) is 14.4 Å². The maximum Gasteiger partial charge on any atom is 0.308 e. The van der Waals surface area contributed by atoms with Gasteiger partial charge in [0.2, 0.25) is 11.8 Å². The highest BCUT2D eigenvalue weighted by Crippen LogP contribution is 2.21. The summed E-state index contributed by atoms with van der Waals surface area (Å²) in [6.07, 6.45) is 0.368. The van der Waals surface area contributed by atoms with Crippen molar-refractivity contribution in [1.82, 2.24) is 4.90 Å². The molecular weight excluding hydrogens is 200 g/mol. The number of carboxylic acid groups (broad SMARTS) is 1. The van der Waals surface area contributed by atoms with E-state index in [1.165, 1.54) is 4.90 Å². The summed E-state index contributed by atoms with van der Waals surface area (Å²) in [6.45, 7) is 1.81. The van der Waals surface area contributed by atoms with Crippen LogP contribution in [0, 0.1) is 5.92 Å². The molecule has 1 aliphatic rings. The van der Waals surface area contributed by atoms with Crippen molar-refractivity contribution in [2.24, 2.45) is 11.7 Å². The number of rotatable bonds is 4. The first-order valence-electron chi connectivity index (χ1n) is 4.79. The molecule has 0 aromatic rings. The first-order valence-corrected chi connectivity index (χ1v) is 4.79. The largest absolute Gasteiger partial charge is 0.481 e. The van der Waals surface area contributed by atoms with E-state index in [0.717, 1.165) is 0 Å². The average molecular weight is 214 g/mol. The first-order chi connectivity index (χ1) is 6.97. The number of carboxylic acids is 1. The monoisotopic (exact) mass is 214 g/mol. The van der Waals surface area contributed by atoms with Crippen LogP contribution in [0.25, 0.3) is 0 Å². The number of aliphatic carboxylic acids is 1. The van der Waals surface area contributed by atoms with Gasteiger partial charge in [-0.2, -0.15) is 0 Å². The summed E-state index contributed by atoms with van der Waals surface area (Å²) >= 11 is 0. The molecule has 6 nitrogen and oxygen atoms in total.